The fraction of sp³-hybridized carbons (Fsp3) is 0.600. The predicted octanol–water partition coefficient (Wildman–Crippen LogP) is 2.45. The highest BCUT2D eigenvalue weighted by Gasteiger charge is 2.12. The van der Waals surface area contributed by atoms with Crippen molar-refractivity contribution in [3.8, 4) is 5.75 Å². The minimum Gasteiger partial charge on any atom is -0.492 e. The molecule has 18 heavy (non-hydrogen) atoms. The van der Waals surface area contributed by atoms with Crippen LogP contribution in [0.1, 0.15) is 24.0 Å². The number of hydrogen-bond donors (Lipinski definition) is 1. The number of rotatable bonds is 5. The summed E-state index contributed by atoms with van der Waals surface area (Å²) in [5.74, 6) is 0.965. The van der Waals surface area contributed by atoms with Gasteiger partial charge in [-0.2, -0.15) is 0 Å². The summed E-state index contributed by atoms with van der Waals surface area (Å²) >= 11 is 0. The van der Waals surface area contributed by atoms with Crippen LogP contribution in [-0.4, -0.2) is 32.4 Å². The summed E-state index contributed by atoms with van der Waals surface area (Å²) in [4.78, 5) is 0. The Bertz CT molecular complexity index is 373. The molecule has 3 nitrogen and oxygen atoms in total. The van der Waals surface area contributed by atoms with E-state index < -0.39 is 0 Å². The molecule has 1 aliphatic heterocycles. The van der Waals surface area contributed by atoms with Crippen LogP contribution in [0.25, 0.3) is 0 Å². The normalized spacial score (nSPS) is 16.8. The van der Waals surface area contributed by atoms with Crippen molar-refractivity contribution in [3.05, 3.63) is 29.3 Å². The molecule has 1 N–H and O–H groups in total. The van der Waals surface area contributed by atoms with Gasteiger partial charge < -0.3 is 14.8 Å². The highest BCUT2D eigenvalue weighted by molar-refractivity contribution is 5.33. The molecular formula is C15H23NO2. The van der Waals surface area contributed by atoms with Crippen LogP contribution in [0.2, 0.25) is 0 Å². The van der Waals surface area contributed by atoms with E-state index in [2.05, 4.69) is 31.3 Å². The second-order valence-corrected chi connectivity index (χ2v) is 4.94. The number of nitrogens with one attached hydrogen (secondary N) is 1. The van der Waals surface area contributed by atoms with Crippen molar-refractivity contribution in [1.29, 1.82) is 0 Å². The highest BCUT2D eigenvalue weighted by atomic mass is 16.5. The van der Waals surface area contributed by atoms with Crippen LogP contribution < -0.4 is 10.1 Å². The Hall–Kier alpha value is -1.06. The van der Waals surface area contributed by atoms with Gasteiger partial charge in [-0.25, -0.2) is 0 Å². The van der Waals surface area contributed by atoms with Crippen molar-refractivity contribution in [2.45, 2.75) is 32.7 Å². The van der Waals surface area contributed by atoms with Crippen LogP contribution in [0.3, 0.4) is 0 Å². The maximum Gasteiger partial charge on any atom is 0.119 e. The van der Waals surface area contributed by atoms with Crippen LogP contribution in [0.15, 0.2) is 18.2 Å². The minimum absolute atomic E-state index is 0.599. The zero-order chi connectivity index (χ0) is 12.8. The topological polar surface area (TPSA) is 30.5 Å². The lowest BCUT2D eigenvalue weighted by molar-refractivity contribution is 0.0770. The molecule has 1 aromatic rings. The Kier molecular flexibility index (Phi) is 5.02. The van der Waals surface area contributed by atoms with Gasteiger partial charge in [-0.1, -0.05) is 6.07 Å². The summed E-state index contributed by atoms with van der Waals surface area (Å²) in [5, 5.41) is 3.51. The molecule has 0 amide bonds. The lowest BCUT2D eigenvalue weighted by Gasteiger charge is -2.23. The fourth-order valence-corrected chi connectivity index (χ4v) is 2.14. The average molecular weight is 249 g/mol. The largest absolute Gasteiger partial charge is 0.492 e. The number of aryl methyl sites for hydroxylation is 2. The second kappa shape index (κ2) is 6.76. The van der Waals surface area contributed by atoms with Gasteiger partial charge in [-0.05, 0) is 49.9 Å². The molecule has 0 aromatic heterocycles. The van der Waals surface area contributed by atoms with E-state index in [0.717, 1.165) is 45.0 Å². The average Bonchev–Trinajstić information content (AvgIpc) is 2.40. The maximum atomic E-state index is 5.74. The van der Waals surface area contributed by atoms with E-state index in [4.69, 9.17) is 9.47 Å². The number of benzene rings is 1. The number of hydrogen-bond acceptors (Lipinski definition) is 3. The van der Waals surface area contributed by atoms with E-state index in [1.807, 2.05) is 6.07 Å². The Morgan fingerprint density at radius 1 is 1.22 bits per heavy atom. The Labute approximate surface area is 109 Å². The molecule has 0 spiro atoms. The zero-order valence-electron chi connectivity index (χ0n) is 11.4. The fourth-order valence-electron chi connectivity index (χ4n) is 2.14. The van der Waals surface area contributed by atoms with Gasteiger partial charge in [-0.3, -0.25) is 0 Å². The molecule has 1 fully saturated rings. The molecule has 1 aliphatic rings. The van der Waals surface area contributed by atoms with Crippen molar-refractivity contribution in [2.75, 3.05) is 26.4 Å². The van der Waals surface area contributed by atoms with Gasteiger partial charge in [0.1, 0.15) is 12.4 Å². The molecule has 0 bridgehead atoms. The molecule has 0 atom stereocenters. The molecule has 0 radical (unpaired) electrons. The molecule has 2 rings (SSSR count). The zero-order valence-corrected chi connectivity index (χ0v) is 11.4. The monoisotopic (exact) mass is 249 g/mol. The summed E-state index contributed by atoms with van der Waals surface area (Å²) < 4.78 is 11.1. The van der Waals surface area contributed by atoms with Crippen molar-refractivity contribution < 1.29 is 9.47 Å². The highest BCUT2D eigenvalue weighted by Crippen LogP contribution is 2.16. The third-order valence-corrected chi connectivity index (χ3v) is 3.50. The maximum absolute atomic E-state index is 5.74. The molecule has 0 saturated carbocycles. The van der Waals surface area contributed by atoms with E-state index in [0.29, 0.717) is 6.04 Å². The van der Waals surface area contributed by atoms with Crippen LogP contribution in [0.5, 0.6) is 5.75 Å². The van der Waals surface area contributed by atoms with Gasteiger partial charge in [0.2, 0.25) is 0 Å². The first-order chi connectivity index (χ1) is 8.75. The third-order valence-electron chi connectivity index (χ3n) is 3.50. The minimum atomic E-state index is 0.599. The molecule has 0 unspecified atom stereocenters. The Morgan fingerprint density at radius 3 is 2.72 bits per heavy atom. The molecule has 0 aliphatic carbocycles. The van der Waals surface area contributed by atoms with Gasteiger partial charge >= 0.3 is 0 Å². The van der Waals surface area contributed by atoms with Crippen LogP contribution in [0.4, 0.5) is 0 Å². The van der Waals surface area contributed by atoms with Gasteiger partial charge in [0.15, 0.2) is 0 Å². The first-order valence-corrected chi connectivity index (χ1v) is 6.77. The van der Waals surface area contributed by atoms with E-state index in [1.165, 1.54) is 11.1 Å². The quantitative estimate of drug-likeness (QED) is 0.813. The standard InChI is InChI=1S/C15H23NO2/c1-12-3-4-15(11-13(12)2)18-10-7-16-14-5-8-17-9-6-14/h3-4,11,14,16H,5-10H2,1-2H3. The lowest BCUT2D eigenvalue weighted by Crippen LogP contribution is -2.37. The molecule has 100 valence electrons. The van der Waals surface area contributed by atoms with E-state index >= 15 is 0 Å². The molecule has 1 heterocycles. The lowest BCUT2D eigenvalue weighted by atomic mass is 10.1. The van der Waals surface area contributed by atoms with Crippen LogP contribution in [0, 0.1) is 13.8 Å². The first kappa shape index (κ1) is 13.4. The number of ether oxygens (including phenoxy) is 2. The van der Waals surface area contributed by atoms with E-state index in [-0.39, 0.29) is 0 Å². The molecular weight excluding hydrogens is 226 g/mol. The molecule has 1 saturated heterocycles. The second-order valence-electron chi connectivity index (χ2n) is 4.94. The van der Waals surface area contributed by atoms with Crippen molar-refractivity contribution in [2.24, 2.45) is 0 Å². The van der Waals surface area contributed by atoms with Gasteiger partial charge in [0.25, 0.3) is 0 Å². The molecule has 3 heteroatoms. The third kappa shape index (κ3) is 4.00. The van der Waals surface area contributed by atoms with Crippen LogP contribution in [-0.2, 0) is 4.74 Å². The van der Waals surface area contributed by atoms with Crippen molar-refractivity contribution >= 4 is 0 Å². The van der Waals surface area contributed by atoms with Gasteiger partial charge in [-0.15, -0.1) is 0 Å². The summed E-state index contributed by atoms with van der Waals surface area (Å²) in [5.41, 5.74) is 2.59. The van der Waals surface area contributed by atoms with Gasteiger partial charge in [0, 0.05) is 25.8 Å². The van der Waals surface area contributed by atoms with Crippen molar-refractivity contribution in [1.82, 2.24) is 5.32 Å². The summed E-state index contributed by atoms with van der Waals surface area (Å²) in [6.07, 6.45) is 2.23. The summed E-state index contributed by atoms with van der Waals surface area (Å²) in [6, 6.07) is 6.85. The van der Waals surface area contributed by atoms with E-state index in [9.17, 15) is 0 Å². The SMILES string of the molecule is Cc1ccc(OCCNC2CCOCC2)cc1C. The Balaban J connectivity index is 1.66. The van der Waals surface area contributed by atoms with Crippen molar-refractivity contribution in [3.63, 3.8) is 0 Å². The summed E-state index contributed by atoms with van der Waals surface area (Å²) in [6.45, 7) is 7.62. The first-order valence-electron chi connectivity index (χ1n) is 6.77. The Morgan fingerprint density at radius 2 is 2.00 bits per heavy atom. The van der Waals surface area contributed by atoms with Crippen LogP contribution >= 0.6 is 0 Å². The summed E-state index contributed by atoms with van der Waals surface area (Å²) in [7, 11) is 0. The smallest absolute Gasteiger partial charge is 0.119 e. The van der Waals surface area contributed by atoms with E-state index in [1.54, 1.807) is 0 Å². The molecule has 1 aromatic carbocycles. The van der Waals surface area contributed by atoms with Gasteiger partial charge in [0.05, 0.1) is 0 Å². The predicted molar refractivity (Wildman–Crippen MR) is 73.3 cm³/mol.